The number of nitrogens with one attached hydrogen (secondary N) is 1. The fourth-order valence-corrected chi connectivity index (χ4v) is 2.32. The SMILES string of the molecule is C=CCOc1cccc(NC(=O)[C@H](C)Oc2cc(C)cc(C)c2)c1. The molecule has 2 aromatic carbocycles. The third-order valence-corrected chi connectivity index (χ3v) is 3.35. The number of hydrogen-bond acceptors (Lipinski definition) is 3. The van der Waals surface area contributed by atoms with Crippen LogP contribution in [0.4, 0.5) is 5.69 Å². The van der Waals surface area contributed by atoms with Crippen molar-refractivity contribution in [3.05, 3.63) is 66.2 Å². The highest BCUT2D eigenvalue weighted by atomic mass is 16.5. The van der Waals surface area contributed by atoms with Gasteiger partial charge in [0.1, 0.15) is 18.1 Å². The average Bonchev–Trinajstić information content (AvgIpc) is 2.52. The molecule has 126 valence electrons. The minimum atomic E-state index is -0.607. The molecular weight excluding hydrogens is 302 g/mol. The van der Waals surface area contributed by atoms with Crippen LogP contribution in [0.3, 0.4) is 0 Å². The van der Waals surface area contributed by atoms with Crippen molar-refractivity contribution >= 4 is 11.6 Å². The van der Waals surface area contributed by atoms with Crippen LogP contribution in [-0.2, 0) is 4.79 Å². The third kappa shape index (κ3) is 5.16. The van der Waals surface area contributed by atoms with Gasteiger partial charge >= 0.3 is 0 Å². The van der Waals surface area contributed by atoms with Gasteiger partial charge in [0.25, 0.3) is 5.91 Å². The van der Waals surface area contributed by atoms with Gasteiger partial charge in [-0.25, -0.2) is 0 Å². The highest BCUT2D eigenvalue weighted by Gasteiger charge is 2.15. The van der Waals surface area contributed by atoms with Crippen LogP contribution in [0.15, 0.2) is 55.1 Å². The van der Waals surface area contributed by atoms with Gasteiger partial charge < -0.3 is 14.8 Å². The number of rotatable bonds is 7. The number of ether oxygens (including phenoxy) is 2. The Morgan fingerprint density at radius 2 is 1.88 bits per heavy atom. The fraction of sp³-hybridized carbons (Fsp3) is 0.250. The average molecular weight is 325 g/mol. The molecule has 1 N–H and O–H groups in total. The molecule has 0 aromatic heterocycles. The number of amides is 1. The van der Waals surface area contributed by atoms with E-state index in [4.69, 9.17) is 9.47 Å². The lowest BCUT2D eigenvalue weighted by Crippen LogP contribution is -2.30. The summed E-state index contributed by atoms with van der Waals surface area (Å²) < 4.78 is 11.2. The minimum Gasteiger partial charge on any atom is -0.489 e. The molecule has 2 aromatic rings. The van der Waals surface area contributed by atoms with Crippen molar-refractivity contribution < 1.29 is 14.3 Å². The monoisotopic (exact) mass is 325 g/mol. The van der Waals surface area contributed by atoms with Gasteiger partial charge in [0, 0.05) is 11.8 Å². The second-order valence-corrected chi connectivity index (χ2v) is 5.70. The van der Waals surface area contributed by atoms with Crippen LogP contribution in [0.1, 0.15) is 18.1 Å². The number of carbonyl (C=O) groups excluding carboxylic acids is 1. The molecule has 0 saturated heterocycles. The van der Waals surface area contributed by atoms with Gasteiger partial charge in [-0.1, -0.05) is 24.8 Å². The van der Waals surface area contributed by atoms with Crippen LogP contribution in [0, 0.1) is 13.8 Å². The molecule has 0 aliphatic carbocycles. The normalized spacial score (nSPS) is 11.5. The molecule has 24 heavy (non-hydrogen) atoms. The second kappa shape index (κ2) is 8.20. The van der Waals surface area contributed by atoms with Crippen molar-refractivity contribution in [1.29, 1.82) is 0 Å². The molecule has 0 radical (unpaired) electrons. The molecule has 0 aliphatic heterocycles. The van der Waals surface area contributed by atoms with E-state index in [-0.39, 0.29) is 5.91 Å². The number of benzene rings is 2. The first-order valence-electron chi connectivity index (χ1n) is 7.87. The van der Waals surface area contributed by atoms with Gasteiger partial charge in [-0.15, -0.1) is 0 Å². The summed E-state index contributed by atoms with van der Waals surface area (Å²) in [4.78, 5) is 12.3. The summed E-state index contributed by atoms with van der Waals surface area (Å²) in [5, 5.41) is 2.84. The van der Waals surface area contributed by atoms with Crippen molar-refractivity contribution in [2.75, 3.05) is 11.9 Å². The van der Waals surface area contributed by atoms with Crippen molar-refractivity contribution in [2.45, 2.75) is 26.9 Å². The van der Waals surface area contributed by atoms with Gasteiger partial charge in [-0.05, 0) is 56.2 Å². The van der Waals surface area contributed by atoms with Gasteiger partial charge in [0.15, 0.2) is 6.10 Å². The van der Waals surface area contributed by atoms with E-state index in [2.05, 4.69) is 18.0 Å². The van der Waals surface area contributed by atoms with Crippen molar-refractivity contribution in [2.24, 2.45) is 0 Å². The zero-order valence-corrected chi connectivity index (χ0v) is 14.3. The summed E-state index contributed by atoms with van der Waals surface area (Å²) in [5.74, 6) is 1.16. The van der Waals surface area contributed by atoms with Crippen LogP contribution >= 0.6 is 0 Å². The maximum atomic E-state index is 12.3. The highest BCUT2D eigenvalue weighted by Crippen LogP contribution is 2.20. The van der Waals surface area contributed by atoms with E-state index >= 15 is 0 Å². The van der Waals surface area contributed by atoms with E-state index in [1.54, 1.807) is 19.1 Å². The van der Waals surface area contributed by atoms with Gasteiger partial charge in [0.05, 0.1) is 0 Å². The molecule has 2 rings (SSSR count). The summed E-state index contributed by atoms with van der Waals surface area (Å²) in [6.07, 6.45) is 1.06. The predicted molar refractivity (Wildman–Crippen MR) is 96.8 cm³/mol. The van der Waals surface area contributed by atoms with Crippen LogP contribution in [-0.4, -0.2) is 18.6 Å². The second-order valence-electron chi connectivity index (χ2n) is 5.70. The molecule has 0 fully saturated rings. The molecule has 0 heterocycles. The zero-order valence-electron chi connectivity index (χ0n) is 14.3. The molecule has 1 amide bonds. The van der Waals surface area contributed by atoms with E-state index < -0.39 is 6.10 Å². The Morgan fingerprint density at radius 1 is 1.17 bits per heavy atom. The molecule has 0 saturated carbocycles. The molecule has 0 unspecified atom stereocenters. The highest BCUT2D eigenvalue weighted by molar-refractivity contribution is 5.94. The first-order valence-corrected chi connectivity index (χ1v) is 7.87. The standard InChI is InChI=1S/C20H23NO3/c1-5-9-23-18-8-6-7-17(13-18)21-20(22)16(4)24-19-11-14(2)10-15(3)12-19/h5-8,10-13,16H,1,9H2,2-4H3,(H,21,22)/t16-/m0/s1. The van der Waals surface area contributed by atoms with Gasteiger partial charge in [-0.3, -0.25) is 4.79 Å². The predicted octanol–water partition coefficient (Wildman–Crippen LogP) is 4.27. The summed E-state index contributed by atoms with van der Waals surface area (Å²) in [5.41, 5.74) is 2.87. The van der Waals surface area contributed by atoms with Crippen LogP contribution in [0.25, 0.3) is 0 Å². The first-order chi connectivity index (χ1) is 11.5. The molecule has 1 atom stereocenters. The Bertz CT molecular complexity index is 704. The molecule has 0 spiro atoms. The summed E-state index contributed by atoms with van der Waals surface area (Å²) in [7, 11) is 0. The number of hydrogen-bond donors (Lipinski definition) is 1. The number of anilines is 1. The van der Waals surface area contributed by atoms with E-state index in [9.17, 15) is 4.79 Å². The minimum absolute atomic E-state index is 0.213. The summed E-state index contributed by atoms with van der Waals surface area (Å²) in [6, 6.07) is 13.1. The molecule has 0 aliphatic rings. The topological polar surface area (TPSA) is 47.6 Å². The van der Waals surface area contributed by atoms with E-state index in [1.165, 1.54) is 0 Å². The summed E-state index contributed by atoms with van der Waals surface area (Å²) >= 11 is 0. The Hall–Kier alpha value is -2.75. The Morgan fingerprint density at radius 3 is 2.54 bits per heavy atom. The smallest absolute Gasteiger partial charge is 0.265 e. The van der Waals surface area contributed by atoms with Crippen molar-refractivity contribution in [1.82, 2.24) is 0 Å². The van der Waals surface area contributed by atoms with Gasteiger partial charge in [-0.2, -0.15) is 0 Å². The Labute approximate surface area is 143 Å². The van der Waals surface area contributed by atoms with Crippen molar-refractivity contribution in [3.8, 4) is 11.5 Å². The lowest BCUT2D eigenvalue weighted by molar-refractivity contribution is -0.122. The fourth-order valence-electron chi connectivity index (χ4n) is 2.32. The van der Waals surface area contributed by atoms with Gasteiger partial charge in [0.2, 0.25) is 0 Å². The molecular formula is C20H23NO3. The lowest BCUT2D eigenvalue weighted by atomic mass is 10.1. The van der Waals surface area contributed by atoms with Crippen LogP contribution in [0.5, 0.6) is 11.5 Å². The molecule has 0 bridgehead atoms. The summed E-state index contributed by atoms with van der Waals surface area (Å²) in [6.45, 7) is 9.76. The number of aryl methyl sites for hydroxylation is 2. The van der Waals surface area contributed by atoms with E-state index in [0.29, 0.717) is 23.8 Å². The van der Waals surface area contributed by atoms with Crippen LogP contribution < -0.4 is 14.8 Å². The largest absolute Gasteiger partial charge is 0.489 e. The quantitative estimate of drug-likeness (QED) is 0.773. The molecule has 4 heteroatoms. The van der Waals surface area contributed by atoms with E-state index in [0.717, 1.165) is 11.1 Å². The first kappa shape index (κ1) is 17.6. The van der Waals surface area contributed by atoms with E-state index in [1.807, 2.05) is 44.2 Å². The number of carbonyl (C=O) groups is 1. The maximum Gasteiger partial charge on any atom is 0.265 e. The maximum absolute atomic E-state index is 12.3. The zero-order chi connectivity index (χ0) is 17.5. The molecule has 4 nitrogen and oxygen atoms in total. The van der Waals surface area contributed by atoms with Crippen molar-refractivity contribution in [3.63, 3.8) is 0 Å². The van der Waals surface area contributed by atoms with Crippen LogP contribution in [0.2, 0.25) is 0 Å². The lowest BCUT2D eigenvalue weighted by Gasteiger charge is -2.16. The Kier molecular flexibility index (Phi) is 6.01. The third-order valence-electron chi connectivity index (χ3n) is 3.35. The Balaban J connectivity index is 1.99.